The number of anilines is 1. The first kappa shape index (κ1) is 30.4. The third-order valence-corrected chi connectivity index (χ3v) is 9.13. The quantitative estimate of drug-likeness (QED) is 0.0839. The first-order valence-electron chi connectivity index (χ1n) is 15.3. The minimum Gasteiger partial charge on any atom is -0.395 e. The van der Waals surface area contributed by atoms with Gasteiger partial charge >= 0.3 is 0 Å². The van der Waals surface area contributed by atoms with Crippen LogP contribution in [0.3, 0.4) is 0 Å². The van der Waals surface area contributed by atoms with E-state index in [1.165, 1.54) is 5.56 Å². The summed E-state index contributed by atoms with van der Waals surface area (Å²) in [5.74, 6) is 0.638. The predicted octanol–water partition coefficient (Wildman–Crippen LogP) is 7.61. The zero-order valence-corrected chi connectivity index (χ0v) is 26.2. The maximum Gasteiger partial charge on any atom is 0.257 e. The van der Waals surface area contributed by atoms with Gasteiger partial charge in [0.05, 0.1) is 5.56 Å². The number of pyridine rings is 1. The first-order chi connectivity index (χ1) is 22.2. The molecule has 0 saturated heterocycles. The fourth-order valence-corrected chi connectivity index (χ4v) is 6.85. The molecule has 3 aromatic carbocycles. The third-order valence-electron chi connectivity index (χ3n) is 7.87. The van der Waals surface area contributed by atoms with Crippen molar-refractivity contribution >= 4 is 29.1 Å². The Labute approximate surface area is 268 Å². The highest BCUT2D eigenvalue weighted by Crippen LogP contribution is 2.42. The smallest absolute Gasteiger partial charge is 0.257 e. The number of carbonyl (C=O) groups is 1. The zero-order chi connectivity index (χ0) is 30.8. The molecule has 45 heavy (non-hydrogen) atoms. The number of hydrogen-bond acceptors (Lipinski definition) is 6. The zero-order valence-electron chi connectivity index (χ0n) is 25.4. The van der Waals surface area contributed by atoms with Gasteiger partial charge in [0.1, 0.15) is 17.7 Å². The van der Waals surface area contributed by atoms with Gasteiger partial charge in [0, 0.05) is 65.5 Å². The number of nitrogens with one attached hydrogen (secondary N) is 1. The van der Waals surface area contributed by atoms with E-state index in [2.05, 4.69) is 62.2 Å². The normalized spacial score (nSPS) is 14.4. The fraction of sp³-hybridized carbons (Fsp3) is 0.216. The summed E-state index contributed by atoms with van der Waals surface area (Å²) >= 11 is 1.80. The highest BCUT2D eigenvalue weighted by atomic mass is 32.2. The molecule has 1 atom stereocenters. The van der Waals surface area contributed by atoms with E-state index < -0.39 is 0 Å². The third kappa shape index (κ3) is 7.53. The number of amides is 1. The standard InChI is InChI=1S/C37H37N5O2S/c1-2-41(26-28-12-5-3-6-13-28)21-11-23-44-40-35(29-14-7-4-8-15-29)30-16-9-18-32(24-30)39-36(43)33-19-22-42-34(33)27-45-37(42)31-17-10-20-38-25-31/h3-10,12-20,22,24-25,37H,2,11,21,23,26-27H2,1H3,(H,39,43). The Bertz CT molecular complexity index is 1720. The van der Waals surface area contributed by atoms with Crippen molar-refractivity contribution in [3.63, 3.8) is 0 Å². The van der Waals surface area contributed by atoms with Gasteiger partial charge in [-0.2, -0.15) is 0 Å². The number of fused-ring (bicyclic) bond motifs is 1. The van der Waals surface area contributed by atoms with E-state index in [9.17, 15) is 4.79 Å². The molecular weight excluding hydrogens is 579 g/mol. The largest absolute Gasteiger partial charge is 0.395 e. The Morgan fingerprint density at radius 2 is 1.80 bits per heavy atom. The SMILES string of the molecule is CCN(CCCON=C(c1ccccc1)c1cccc(NC(=O)c2ccn3c2CSC3c2cccnc2)c1)Cc1ccccc1. The molecule has 6 rings (SSSR count). The number of benzene rings is 3. The number of carbonyl (C=O) groups excluding carboxylic acids is 1. The number of aromatic nitrogens is 2. The molecule has 1 aliphatic rings. The van der Waals surface area contributed by atoms with Crippen molar-refractivity contribution in [2.75, 3.05) is 25.0 Å². The van der Waals surface area contributed by atoms with Crippen molar-refractivity contribution in [3.05, 3.63) is 155 Å². The minimum absolute atomic E-state index is 0.122. The lowest BCUT2D eigenvalue weighted by Gasteiger charge is -2.20. The van der Waals surface area contributed by atoms with Crippen LogP contribution < -0.4 is 5.32 Å². The summed E-state index contributed by atoms with van der Waals surface area (Å²) in [6, 6.07) is 34.3. The molecule has 8 heteroatoms. The summed E-state index contributed by atoms with van der Waals surface area (Å²) in [6.07, 6.45) is 6.53. The van der Waals surface area contributed by atoms with Crippen molar-refractivity contribution in [2.24, 2.45) is 5.16 Å². The van der Waals surface area contributed by atoms with Crippen molar-refractivity contribution in [2.45, 2.75) is 31.0 Å². The summed E-state index contributed by atoms with van der Waals surface area (Å²) < 4.78 is 2.17. The fourth-order valence-electron chi connectivity index (χ4n) is 5.54. The van der Waals surface area contributed by atoms with Gasteiger partial charge in [0.15, 0.2) is 0 Å². The molecular formula is C37H37N5O2S. The van der Waals surface area contributed by atoms with Crippen LogP contribution in [0.4, 0.5) is 5.69 Å². The monoisotopic (exact) mass is 615 g/mol. The summed E-state index contributed by atoms with van der Waals surface area (Å²) in [4.78, 5) is 26.0. The van der Waals surface area contributed by atoms with Crippen LogP contribution in [0.25, 0.3) is 0 Å². The van der Waals surface area contributed by atoms with Crippen LogP contribution in [0.5, 0.6) is 0 Å². The summed E-state index contributed by atoms with van der Waals surface area (Å²) in [5.41, 5.74) is 7.39. The second-order valence-electron chi connectivity index (χ2n) is 10.9. The summed E-state index contributed by atoms with van der Waals surface area (Å²) in [5, 5.41) is 7.84. The Hall–Kier alpha value is -4.66. The van der Waals surface area contributed by atoms with E-state index in [0.29, 0.717) is 17.9 Å². The van der Waals surface area contributed by atoms with Gasteiger partial charge in [-0.1, -0.05) is 90.9 Å². The lowest BCUT2D eigenvalue weighted by molar-refractivity contribution is 0.102. The van der Waals surface area contributed by atoms with Gasteiger partial charge in [0.2, 0.25) is 0 Å². The van der Waals surface area contributed by atoms with Crippen LogP contribution in [0.15, 0.2) is 127 Å². The highest BCUT2D eigenvalue weighted by Gasteiger charge is 2.28. The van der Waals surface area contributed by atoms with Gasteiger partial charge in [-0.25, -0.2) is 0 Å². The Kier molecular flexibility index (Phi) is 10.0. The molecule has 5 aromatic rings. The molecule has 0 bridgehead atoms. The van der Waals surface area contributed by atoms with E-state index in [1.807, 2.05) is 85.2 Å². The van der Waals surface area contributed by atoms with Gasteiger partial charge in [0.25, 0.3) is 5.91 Å². The molecule has 0 saturated carbocycles. The van der Waals surface area contributed by atoms with Crippen molar-refractivity contribution in [1.29, 1.82) is 0 Å². The van der Waals surface area contributed by atoms with E-state index >= 15 is 0 Å². The molecule has 0 aliphatic carbocycles. The van der Waals surface area contributed by atoms with E-state index in [0.717, 1.165) is 59.9 Å². The molecule has 3 heterocycles. The van der Waals surface area contributed by atoms with Crippen molar-refractivity contribution in [1.82, 2.24) is 14.5 Å². The average molecular weight is 616 g/mol. The van der Waals surface area contributed by atoms with Crippen molar-refractivity contribution in [3.8, 4) is 0 Å². The van der Waals surface area contributed by atoms with Crippen LogP contribution in [-0.4, -0.2) is 45.8 Å². The topological polar surface area (TPSA) is 71.8 Å². The molecule has 1 aliphatic heterocycles. The van der Waals surface area contributed by atoms with E-state index in [-0.39, 0.29) is 11.3 Å². The van der Waals surface area contributed by atoms with Gasteiger partial charge in [-0.05, 0) is 42.8 Å². The lowest BCUT2D eigenvalue weighted by Crippen LogP contribution is -2.24. The number of nitrogens with zero attached hydrogens (tertiary/aromatic N) is 4. The second kappa shape index (κ2) is 14.9. The second-order valence-corrected chi connectivity index (χ2v) is 12.0. The van der Waals surface area contributed by atoms with Crippen LogP contribution in [0.1, 0.15) is 57.0 Å². The van der Waals surface area contributed by atoms with E-state index in [1.54, 1.807) is 18.0 Å². The lowest BCUT2D eigenvalue weighted by atomic mass is 10.0. The molecule has 0 fully saturated rings. The molecule has 0 radical (unpaired) electrons. The van der Waals surface area contributed by atoms with Crippen LogP contribution in [-0.2, 0) is 17.1 Å². The summed E-state index contributed by atoms with van der Waals surface area (Å²) in [6.45, 7) is 5.51. The predicted molar refractivity (Wildman–Crippen MR) is 183 cm³/mol. The summed E-state index contributed by atoms with van der Waals surface area (Å²) in [7, 11) is 0. The highest BCUT2D eigenvalue weighted by molar-refractivity contribution is 7.99. The molecule has 1 amide bonds. The first-order valence-corrected chi connectivity index (χ1v) is 16.4. The number of rotatable bonds is 13. The molecule has 2 aromatic heterocycles. The molecule has 1 N–H and O–H groups in total. The van der Waals surface area contributed by atoms with Gasteiger partial charge in [-0.3, -0.25) is 14.7 Å². The molecule has 7 nitrogen and oxygen atoms in total. The van der Waals surface area contributed by atoms with Crippen LogP contribution in [0.2, 0.25) is 0 Å². The molecule has 228 valence electrons. The van der Waals surface area contributed by atoms with Crippen LogP contribution in [0, 0.1) is 0 Å². The Balaban J connectivity index is 1.12. The van der Waals surface area contributed by atoms with E-state index in [4.69, 9.17) is 4.84 Å². The Morgan fingerprint density at radius 1 is 1.00 bits per heavy atom. The number of oxime groups is 1. The van der Waals surface area contributed by atoms with Crippen LogP contribution >= 0.6 is 11.8 Å². The van der Waals surface area contributed by atoms with Gasteiger partial charge < -0.3 is 14.7 Å². The molecule has 0 spiro atoms. The number of thioether (sulfide) groups is 1. The average Bonchev–Trinajstić information content (AvgIpc) is 3.70. The maximum atomic E-state index is 13.5. The molecule has 1 unspecified atom stereocenters. The van der Waals surface area contributed by atoms with Crippen molar-refractivity contribution < 1.29 is 9.63 Å². The number of hydrogen-bond donors (Lipinski definition) is 1. The maximum absolute atomic E-state index is 13.5. The minimum atomic E-state index is -0.126. The Morgan fingerprint density at radius 3 is 2.58 bits per heavy atom. The van der Waals surface area contributed by atoms with Gasteiger partial charge in [-0.15, -0.1) is 11.8 Å².